The van der Waals surface area contributed by atoms with Crippen LogP contribution in [0, 0.1) is 0 Å². The summed E-state index contributed by atoms with van der Waals surface area (Å²) in [7, 11) is 0. The molecule has 0 spiro atoms. The normalized spacial score (nSPS) is 10.6. The van der Waals surface area contributed by atoms with Gasteiger partial charge in [-0.05, 0) is 24.3 Å². The summed E-state index contributed by atoms with van der Waals surface area (Å²) in [6.45, 7) is 0.525. The number of benzene rings is 1. The first-order chi connectivity index (χ1) is 8.42. The van der Waals surface area contributed by atoms with Crippen molar-refractivity contribution in [2.24, 2.45) is 0 Å². The van der Waals surface area contributed by atoms with Crippen LogP contribution in [0.5, 0.6) is 5.75 Å². The molecule has 0 unspecified atom stereocenters. The van der Waals surface area contributed by atoms with Gasteiger partial charge in [0.05, 0.1) is 11.7 Å². The van der Waals surface area contributed by atoms with Gasteiger partial charge in [0.2, 0.25) is 0 Å². The number of pyridine rings is 1. The molecule has 0 atom stereocenters. The van der Waals surface area contributed by atoms with E-state index in [-0.39, 0.29) is 0 Å². The largest absolute Gasteiger partial charge is 0.489 e. The number of hydrogen-bond acceptors (Lipinski definition) is 3. The van der Waals surface area contributed by atoms with E-state index in [1.807, 2.05) is 30.3 Å². The molecule has 1 N–H and O–H groups in total. The topological polar surface area (TPSA) is 50.8 Å². The van der Waals surface area contributed by atoms with Gasteiger partial charge in [0.25, 0.3) is 0 Å². The zero-order valence-corrected chi connectivity index (χ0v) is 9.13. The van der Waals surface area contributed by atoms with Crippen LogP contribution in [-0.2, 0) is 6.61 Å². The Morgan fingerprint density at radius 2 is 2.18 bits per heavy atom. The molecule has 2 aromatic heterocycles. The molecule has 0 aliphatic rings. The number of hydrogen-bond donors (Lipinski definition) is 1. The van der Waals surface area contributed by atoms with Crippen LogP contribution in [-0.4, -0.2) is 15.2 Å². The number of aromatic nitrogens is 3. The number of rotatable bonds is 3. The smallest absolute Gasteiger partial charge is 0.120 e. The third-order valence-electron chi connectivity index (χ3n) is 2.54. The maximum atomic E-state index is 5.69. The Bertz CT molecular complexity index is 619. The predicted octanol–water partition coefficient (Wildman–Crippen LogP) is 2.54. The van der Waals surface area contributed by atoms with Crippen molar-refractivity contribution in [2.75, 3.05) is 0 Å². The molecular formula is C13H11N3O. The van der Waals surface area contributed by atoms with E-state index in [1.165, 1.54) is 0 Å². The summed E-state index contributed by atoms with van der Waals surface area (Å²) < 4.78 is 5.69. The molecular weight excluding hydrogens is 214 g/mol. The van der Waals surface area contributed by atoms with Crippen molar-refractivity contribution in [3.05, 3.63) is 54.5 Å². The molecule has 3 rings (SSSR count). The first kappa shape index (κ1) is 9.84. The standard InChI is InChI=1S/C13H11N3O/c1-2-10(7-14-5-1)9-17-12-3-4-13-11(6-12)8-15-16-13/h1-8H,9H2,(H,15,16). The van der Waals surface area contributed by atoms with Gasteiger partial charge in [-0.2, -0.15) is 5.10 Å². The monoisotopic (exact) mass is 225 g/mol. The highest BCUT2D eigenvalue weighted by Crippen LogP contribution is 2.19. The summed E-state index contributed by atoms with van der Waals surface area (Å²) in [6, 6.07) is 9.74. The van der Waals surface area contributed by atoms with E-state index >= 15 is 0 Å². The minimum Gasteiger partial charge on any atom is -0.489 e. The van der Waals surface area contributed by atoms with Crippen molar-refractivity contribution >= 4 is 10.9 Å². The maximum absolute atomic E-state index is 5.69. The van der Waals surface area contributed by atoms with Crippen LogP contribution in [0.1, 0.15) is 5.56 Å². The Morgan fingerprint density at radius 3 is 3.06 bits per heavy atom. The van der Waals surface area contributed by atoms with Crippen LogP contribution in [0.2, 0.25) is 0 Å². The van der Waals surface area contributed by atoms with Gasteiger partial charge in [0.1, 0.15) is 12.4 Å². The highest BCUT2D eigenvalue weighted by atomic mass is 16.5. The Kier molecular flexibility index (Phi) is 2.46. The van der Waals surface area contributed by atoms with Crippen molar-refractivity contribution in [1.29, 1.82) is 0 Å². The molecule has 1 aromatic carbocycles. The van der Waals surface area contributed by atoms with Crippen LogP contribution in [0.4, 0.5) is 0 Å². The Hall–Kier alpha value is -2.36. The number of H-pyrrole nitrogens is 1. The molecule has 0 aliphatic heterocycles. The first-order valence-corrected chi connectivity index (χ1v) is 5.37. The highest BCUT2D eigenvalue weighted by molar-refractivity contribution is 5.79. The van der Waals surface area contributed by atoms with Crippen molar-refractivity contribution < 1.29 is 4.74 Å². The Balaban J connectivity index is 1.76. The lowest BCUT2D eigenvalue weighted by atomic mass is 10.2. The lowest BCUT2D eigenvalue weighted by Gasteiger charge is -2.05. The third-order valence-corrected chi connectivity index (χ3v) is 2.54. The Morgan fingerprint density at radius 1 is 1.18 bits per heavy atom. The van der Waals surface area contributed by atoms with Crippen LogP contribution >= 0.6 is 0 Å². The molecule has 0 radical (unpaired) electrons. The SMILES string of the molecule is c1cncc(COc2ccc3[nH]ncc3c2)c1. The highest BCUT2D eigenvalue weighted by Gasteiger charge is 1.99. The molecule has 2 heterocycles. The zero-order chi connectivity index (χ0) is 11.5. The summed E-state index contributed by atoms with van der Waals surface area (Å²) in [5.41, 5.74) is 2.07. The van der Waals surface area contributed by atoms with Gasteiger partial charge >= 0.3 is 0 Å². The molecule has 4 nitrogen and oxygen atoms in total. The molecule has 0 saturated carbocycles. The van der Waals surface area contributed by atoms with Gasteiger partial charge in [0.15, 0.2) is 0 Å². The number of ether oxygens (including phenoxy) is 1. The van der Waals surface area contributed by atoms with Crippen molar-refractivity contribution in [3.63, 3.8) is 0 Å². The average molecular weight is 225 g/mol. The molecule has 0 amide bonds. The summed E-state index contributed by atoms with van der Waals surface area (Å²) in [6.07, 6.45) is 5.34. The van der Waals surface area contributed by atoms with Crippen molar-refractivity contribution in [3.8, 4) is 5.75 Å². The fourth-order valence-electron chi connectivity index (χ4n) is 1.66. The number of nitrogens with one attached hydrogen (secondary N) is 1. The lowest BCUT2D eigenvalue weighted by molar-refractivity contribution is 0.306. The molecule has 0 bridgehead atoms. The summed E-state index contributed by atoms with van der Waals surface area (Å²) in [5, 5.41) is 7.92. The molecule has 0 saturated heterocycles. The fourth-order valence-corrected chi connectivity index (χ4v) is 1.66. The lowest BCUT2D eigenvalue weighted by Crippen LogP contribution is -1.95. The van der Waals surface area contributed by atoms with E-state index in [0.29, 0.717) is 6.61 Å². The summed E-state index contributed by atoms with van der Waals surface area (Å²) in [5.74, 6) is 0.836. The summed E-state index contributed by atoms with van der Waals surface area (Å²) in [4.78, 5) is 4.04. The summed E-state index contributed by atoms with van der Waals surface area (Å²) >= 11 is 0. The predicted molar refractivity (Wildman–Crippen MR) is 64.7 cm³/mol. The first-order valence-electron chi connectivity index (χ1n) is 5.37. The van der Waals surface area contributed by atoms with Gasteiger partial charge in [-0.25, -0.2) is 0 Å². The number of nitrogens with zero attached hydrogens (tertiary/aromatic N) is 2. The van der Waals surface area contributed by atoms with Crippen LogP contribution in [0.3, 0.4) is 0 Å². The number of fused-ring (bicyclic) bond motifs is 1. The van der Waals surface area contributed by atoms with E-state index in [0.717, 1.165) is 22.2 Å². The van der Waals surface area contributed by atoms with Gasteiger partial charge in [0, 0.05) is 23.3 Å². The quantitative estimate of drug-likeness (QED) is 0.745. The minimum atomic E-state index is 0.525. The Labute approximate surface area is 98.3 Å². The molecule has 0 fully saturated rings. The van der Waals surface area contributed by atoms with Gasteiger partial charge < -0.3 is 4.74 Å². The molecule has 84 valence electrons. The van der Waals surface area contributed by atoms with Gasteiger partial charge in [-0.15, -0.1) is 0 Å². The van der Waals surface area contributed by atoms with E-state index in [2.05, 4.69) is 15.2 Å². The second-order valence-electron chi connectivity index (χ2n) is 3.77. The zero-order valence-electron chi connectivity index (χ0n) is 9.13. The molecule has 17 heavy (non-hydrogen) atoms. The van der Waals surface area contributed by atoms with Crippen molar-refractivity contribution in [2.45, 2.75) is 6.61 Å². The fraction of sp³-hybridized carbons (Fsp3) is 0.0769. The van der Waals surface area contributed by atoms with E-state index < -0.39 is 0 Å². The van der Waals surface area contributed by atoms with Gasteiger partial charge in [-0.3, -0.25) is 10.1 Å². The molecule has 0 aliphatic carbocycles. The maximum Gasteiger partial charge on any atom is 0.120 e. The third kappa shape index (κ3) is 2.10. The van der Waals surface area contributed by atoms with E-state index in [1.54, 1.807) is 18.6 Å². The second-order valence-corrected chi connectivity index (χ2v) is 3.77. The van der Waals surface area contributed by atoms with E-state index in [9.17, 15) is 0 Å². The molecule has 4 heteroatoms. The van der Waals surface area contributed by atoms with Crippen LogP contribution in [0.15, 0.2) is 48.9 Å². The average Bonchev–Trinajstić information content (AvgIpc) is 2.85. The van der Waals surface area contributed by atoms with E-state index in [4.69, 9.17) is 4.74 Å². The second kappa shape index (κ2) is 4.25. The molecule has 3 aromatic rings. The van der Waals surface area contributed by atoms with Crippen molar-refractivity contribution in [1.82, 2.24) is 15.2 Å². The minimum absolute atomic E-state index is 0.525. The van der Waals surface area contributed by atoms with Crippen LogP contribution < -0.4 is 4.74 Å². The number of aromatic amines is 1. The van der Waals surface area contributed by atoms with Gasteiger partial charge in [-0.1, -0.05) is 6.07 Å². The van der Waals surface area contributed by atoms with Crippen LogP contribution in [0.25, 0.3) is 10.9 Å².